The highest BCUT2D eigenvalue weighted by molar-refractivity contribution is 5.99. The van der Waals surface area contributed by atoms with Gasteiger partial charge >= 0.3 is 6.18 Å². The van der Waals surface area contributed by atoms with Gasteiger partial charge in [-0.1, -0.05) is 44.5 Å². The molecule has 0 saturated carbocycles. The molecule has 0 radical (unpaired) electrons. The van der Waals surface area contributed by atoms with Crippen molar-refractivity contribution in [2.45, 2.75) is 39.3 Å². The molecule has 9 heteroatoms. The van der Waals surface area contributed by atoms with Gasteiger partial charge in [-0.3, -0.25) is 9.59 Å². The Morgan fingerprint density at radius 1 is 1.03 bits per heavy atom. The molecule has 0 atom stereocenters. The number of benzene rings is 2. The van der Waals surface area contributed by atoms with Crippen LogP contribution in [0.2, 0.25) is 0 Å². The summed E-state index contributed by atoms with van der Waals surface area (Å²) < 4.78 is 40.5. The van der Waals surface area contributed by atoms with E-state index >= 15 is 0 Å². The lowest BCUT2D eigenvalue weighted by molar-refractivity contribution is -0.137. The molecule has 0 bridgehead atoms. The van der Waals surface area contributed by atoms with E-state index < -0.39 is 23.6 Å². The summed E-state index contributed by atoms with van der Waals surface area (Å²) in [6, 6.07) is 13.5. The molecule has 0 unspecified atom stereocenters. The first-order valence-corrected chi connectivity index (χ1v) is 10.7. The van der Waals surface area contributed by atoms with Crippen molar-refractivity contribution in [1.82, 2.24) is 14.7 Å². The first-order valence-electron chi connectivity index (χ1n) is 10.7. The minimum atomic E-state index is -4.56. The van der Waals surface area contributed by atoms with Crippen molar-refractivity contribution in [3.63, 3.8) is 0 Å². The van der Waals surface area contributed by atoms with E-state index in [-0.39, 0.29) is 17.5 Å². The number of amides is 2. The fourth-order valence-corrected chi connectivity index (χ4v) is 3.24. The van der Waals surface area contributed by atoms with Gasteiger partial charge in [0.25, 0.3) is 5.91 Å². The molecular weight excluding hydrogens is 445 g/mol. The Hall–Kier alpha value is -3.62. The molecule has 3 rings (SSSR count). The van der Waals surface area contributed by atoms with Crippen LogP contribution in [0.3, 0.4) is 0 Å². The van der Waals surface area contributed by atoms with Crippen LogP contribution in [0.15, 0.2) is 54.6 Å². The van der Waals surface area contributed by atoms with Gasteiger partial charge in [-0.2, -0.15) is 18.3 Å². The fraction of sp³-hybridized carbons (Fsp3) is 0.320. The van der Waals surface area contributed by atoms with Gasteiger partial charge in [-0.15, -0.1) is 0 Å². The second-order valence-electron chi connectivity index (χ2n) is 9.20. The number of halogens is 3. The molecule has 1 N–H and O–H groups in total. The smallest absolute Gasteiger partial charge is 0.332 e. The summed E-state index contributed by atoms with van der Waals surface area (Å²) >= 11 is 0. The molecule has 0 spiro atoms. The normalized spacial score (nSPS) is 11.9. The average molecular weight is 473 g/mol. The van der Waals surface area contributed by atoms with Gasteiger partial charge in [0.05, 0.1) is 23.5 Å². The lowest BCUT2D eigenvalue weighted by Crippen LogP contribution is -2.35. The number of hydrogen-bond acceptors (Lipinski definition) is 3. The van der Waals surface area contributed by atoms with Gasteiger partial charge in [0.15, 0.2) is 0 Å². The van der Waals surface area contributed by atoms with Crippen LogP contribution in [-0.4, -0.2) is 40.1 Å². The van der Waals surface area contributed by atoms with E-state index in [0.29, 0.717) is 5.82 Å². The predicted molar refractivity (Wildman–Crippen MR) is 124 cm³/mol. The van der Waals surface area contributed by atoms with Crippen molar-refractivity contribution in [2.75, 3.05) is 18.9 Å². The summed E-state index contributed by atoms with van der Waals surface area (Å²) in [6.45, 7) is 7.62. The van der Waals surface area contributed by atoms with Crippen LogP contribution in [0, 0.1) is 6.92 Å². The molecule has 0 aliphatic rings. The summed E-state index contributed by atoms with van der Waals surface area (Å²) in [7, 11) is 1.36. The van der Waals surface area contributed by atoms with E-state index in [1.165, 1.54) is 13.1 Å². The minimum absolute atomic E-state index is 0.148. The van der Waals surface area contributed by atoms with E-state index in [4.69, 9.17) is 0 Å². The lowest BCUT2D eigenvalue weighted by atomic mass is 9.92. The number of aryl methyl sites for hydroxylation is 1. The van der Waals surface area contributed by atoms with Crippen molar-refractivity contribution < 1.29 is 22.8 Å². The Kier molecular flexibility index (Phi) is 6.86. The zero-order valence-corrected chi connectivity index (χ0v) is 19.7. The van der Waals surface area contributed by atoms with Gasteiger partial charge < -0.3 is 10.2 Å². The quantitative estimate of drug-likeness (QED) is 0.555. The Morgan fingerprint density at radius 3 is 2.26 bits per heavy atom. The number of nitrogens with zero attached hydrogens (tertiary/aromatic N) is 3. The zero-order valence-electron chi connectivity index (χ0n) is 19.7. The highest BCUT2D eigenvalue weighted by Gasteiger charge is 2.31. The second kappa shape index (κ2) is 9.32. The third-order valence-electron chi connectivity index (χ3n) is 5.19. The first-order chi connectivity index (χ1) is 15.8. The SMILES string of the molecule is Cc1ccc(-n2nc(C(C)(C)C)cc2NC(=O)CN(C)C(=O)c2cccc(C(F)(F)F)c2)cc1. The van der Waals surface area contributed by atoms with Crippen molar-refractivity contribution in [3.05, 3.63) is 77.0 Å². The number of likely N-dealkylation sites (N-methyl/N-ethyl adjacent to an activating group) is 1. The molecule has 180 valence electrons. The fourth-order valence-electron chi connectivity index (χ4n) is 3.24. The first kappa shape index (κ1) is 25.0. The van der Waals surface area contributed by atoms with Crippen LogP contribution in [0.4, 0.5) is 19.0 Å². The van der Waals surface area contributed by atoms with Crippen molar-refractivity contribution in [3.8, 4) is 5.69 Å². The van der Waals surface area contributed by atoms with Crippen LogP contribution >= 0.6 is 0 Å². The number of rotatable bonds is 5. The number of nitrogens with one attached hydrogen (secondary N) is 1. The molecular formula is C25H27F3N4O2. The van der Waals surface area contributed by atoms with Crippen molar-refractivity contribution >= 4 is 17.6 Å². The Balaban J connectivity index is 1.79. The van der Waals surface area contributed by atoms with Crippen LogP contribution in [-0.2, 0) is 16.4 Å². The molecule has 0 saturated heterocycles. The van der Waals surface area contributed by atoms with E-state index in [1.54, 1.807) is 10.7 Å². The number of anilines is 1. The molecule has 0 fully saturated rings. The Bertz CT molecular complexity index is 1190. The number of aromatic nitrogens is 2. The maximum atomic E-state index is 13.0. The van der Waals surface area contributed by atoms with Gasteiger partial charge in [-0.05, 0) is 37.3 Å². The minimum Gasteiger partial charge on any atom is -0.332 e. The van der Waals surface area contributed by atoms with Crippen molar-refractivity contribution in [1.29, 1.82) is 0 Å². The lowest BCUT2D eigenvalue weighted by Gasteiger charge is -2.18. The van der Waals surface area contributed by atoms with E-state index in [9.17, 15) is 22.8 Å². The molecule has 0 aliphatic carbocycles. The molecule has 2 aromatic carbocycles. The van der Waals surface area contributed by atoms with Gasteiger partial charge in [0.1, 0.15) is 5.82 Å². The molecule has 34 heavy (non-hydrogen) atoms. The molecule has 3 aromatic rings. The molecule has 1 heterocycles. The average Bonchev–Trinajstić information content (AvgIpc) is 3.17. The van der Waals surface area contributed by atoms with E-state index in [2.05, 4.69) is 10.4 Å². The summed E-state index contributed by atoms with van der Waals surface area (Å²) in [6.07, 6.45) is -4.56. The Morgan fingerprint density at radius 2 is 1.68 bits per heavy atom. The highest BCUT2D eigenvalue weighted by Crippen LogP contribution is 2.30. The van der Waals surface area contributed by atoms with Gasteiger partial charge in [0, 0.05) is 24.1 Å². The maximum Gasteiger partial charge on any atom is 0.416 e. The summed E-state index contributed by atoms with van der Waals surface area (Å²) in [5, 5.41) is 7.42. The van der Waals surface area contributed by atoms with Gasteiger partial charge in [-0.25, -0.2) is 4.68 Å². The third kappa shape index (κ3) is 5.84. The number of carbonyl (C=O) groups is 2. The largest absolute Gasteiger partial charge is 0.416 e. The third-order valence-corrected chi connectivity index (χ3v) is 5.19. The van der Waals surface area contributed by atoms with Crippen LogP contribution in [0.1, 0.15) is 48.0 Å². The van der Waals surface area contributed by atoms with E-state index in [1.807, 2.05) is 52.0 Å². The molecule has 0 aliphatic heterocycles. The molecule has 6 nitrogen and oxygen atoms in total. The van der Waals surface area contributed by atoms with Crippen LogP contribution < -0.4 is 5.32 Å². The van der Waals surface area contributed by atoms with Crippen LogP contribution in [0.25, 0.3) is 5.69 Å². The number of carbonyl (C=O) groups excluding carboxylic acids is 2. The Labute approximate surface area is 196 Å². The monoisotopic (exact) mass is 472 g/mol. The standard InChI is InChI=1S/C25H27F3N4O2/c1-16-9-11-19(12-10-16)32-21(14-20(30-32)24(2,3)4)29-22(33)15-31(5)23(34)17-7-6-8-18(13-17)25(26,27)28/h6-14H,15H2,1-5H3,(H,29,33). The molecule has 1 aromatic heterocycles. The van der Waals surface area contributed by atoms with E-state index in [0.717, 1.165) is 40.0 Å². The summed E-state index contributed by atoms with van der Waals surface area (Å²) in [5.41, 5.74) is 1.25. The van der Waals surface area contributed by atoms with Crippen LogP contribution in [0.5, 0.6) is 0 Å². The maximum absolute atomic E-state index is 13.0. The topological polar surface area (TPSA) is 67.2 Å². The zero-order chi connectivity index (χ0) is 25.3. The predicted octanol–water partition coefficient (Wildman–Crippen LogP) is 5.21. The number of alkyl halides is 3. The summed E-state index contributed by atoms with van der Waals surface area (Å²) in [5.74, 6) is -0.765. The van der Waals surface area contributed by atoms with Crippen molar-refractivity contribution in [2.24, 2.45) is 0 Å². The molecule has 2 amide bonds. The summed E-state index contributed by atoms with van der Waals surface area (Å²) in [4.78, 5) is 26.5. The highest BCUT2D eigenvalue weighted by atomic mass is 19.4. The second-order valence-corrected chi connectivity index (χ2v) is 9.20. The number of hydrogen-bond donors (Lipinski definition) is 1. The van der Waals surface area contributed by atoms with Gasteiger partial charge in [0.2, 0.25) is 5.91 Å².